The van der Waals surface area contributed by atoms with Gasteiger partial charge in [0.15, 0.2) is 0 Å². The first-order chi connectivity index (χ1) is 13.1. The minimum absolute atomic E-state index is 0.0168. The van der Waals surface area contributed by atoms with Gasteiger partial charge in [-0.3, -0.25) is 9.89 Å². The number of aromatic nitrogens is 2. The molecule has 27 heavy (non-hydrogen) atoms. The highest BCUT2D eigenvalue weighted by molar-refractivity contribution is 6.00. The zero-order chi connectivity index (χ0) is 19.0. The van der Waals surface area contributed by atoms with Crippen molar-refractivity contribution in [1.29, 1.82) is 0 Å². The van der Waals surface area contributed by atoms with Crippen molar-refractivity contribution in [1.82, 2.24) is 15.1 Å². The molecule has 1 amide bonds. The summed E-state index contributed by atoms with van der Waals surface area (Å²) in [5.41, 5.74) is 4.49. The molecule has 4 rings (SSSR count). The monoisotopic (exact) mass is 363 g/mol. The zero-order valence-electron chi connectivity index (χ0n) is 15.0. The second kappa shape index (κ2) is 6.89. The lowest BCUT2D eigenvalue weighted by molar-refractivity contribution is 0.0732. The van der Waals surface area contributed by atoms with E-state index < -0.39 is 0 Å². The first kappa shape index (κ1) is 17.3. The molecule has 1 aromatic heterocycles. The summed E-state index contributed by atoms with van der Waals surface area (Å²) in [6, 6.07) is 14.7. The Balaban J connectivity index is 1.88. The third-order valence-electron chi connectivity index (χ3n) is 4.97. The number of phenolic OH excluding ortho intramolecular Hbond substituents is 1. The number of carbonyl (C=O) groups is 1. The van der Waals surface area contributed by atoms with E-state index in [0.717, 1.165) is 16.7 Å². The molecule has 3 N–H and O–H groups in total. The van der Waals surface area contributed by atoms with E-state index in [-0.39, 0.29) is 24.3 Å². The van der Waals surface area contributed by atoms with Crippen molar-refractivity contribution in [2.45, 2.75) is 19.4 Å². The fourth-order valence-electron chi connectivity index (χ4n) is 3.64. The van der Waals surface area contributed by atoms with E-state index in [1.807, 2.05) is 37.3 Å². The van der Waals surface area contributed by atoms with E-state index in [4.69, 9.17) is 0 Å². The highest BCUT2D eigenvalue weighted by Gasteiger charge is 2.42. The number of hydrogen-bond acceptors (Lipinski definition) is 4. The number of para-hydroxylation sites is 1. The van der Waals surface area contributed by atoms with Crippen LogP contribution in [0.5, 0.6) is 5.75 Å². The molecule has 0 unspecified atom stereocenters. The predicted molar refractivity (Wildman–Crippen MR) is 101 cm³/mol. The number of nitrogens with zero attached hydrogens (tertiary/aromatic N) is 2. The average molecular weight is 363 g/mol. The van der Waals surface area contributed by atoms with Crippen molar-refractivity contribution in [3.05, 3.63) is 70.9 Å². The molecule has 1 aliphatic rings. The van der Waals surface area contributed by atoms with E-state index in [1.165, 1.54) is 0 Å². The van der Waals surface area contributed by atoms with Gasteiger partial charge in [-0.25, -0.2) is 0 Å². The van der Waals surface area contributed by atoms with E-state index in [0.29, 0.717) is 29.9 Å². The Morgan fingerprint density at radius 3 is 2.59 bits per heavy atom. The molecule has 1 aliphatic heterocycles. The Bertz CT molecular complexity index is 979. The zero-order valence-corrected chi connectivity index (χ0v) is 15.0. The van der Waals surface area contributed by atoms with Gasteiger partial charge in [-0.1, -0.05) is 42.0 Å². The van der Waals surface area contributed by atoms with Gasteiger partial charge in [0.1, 0.15) is 17.1 Å². The Kier molecular flexibility index (Phi) is 4.41. The molecule has 0 saturated heterocycles. The van der Waals surface area contributed by atoms with E-state index in [9.17, 15) is 15.0 Å². The number of aromatic hydroxyl groups is 1. The van der Waals surface area contributed by atoms with Gasteiger partial charge < -0.3 is 15.1 Å². The molecule has 0 bridgehead atoms. The average Bonchev–Trinajstić information content (AvgIpc) is 3.21. The third-order valence-corrected chi connectivity index (χ3v) is 4.97. The van der Waals surface area contributed by atoms with Crippen LogP contribution in [-0.4, -0.2) is 44.4 Å². The van der Waals surface area contributed by atoms with Crippen molar-refractivity contribution in [3.8, 4) is 17.0 Å². The maximum Gasteiger partial charge on any atom is 0.273 e. The van der Waals surface area contributed by atoms with Crippen molar-refractivity contribution in [2.75, 3.05) is 13.2 Å². The number of hydrogen-bond donors (Lipinski definition) is 3. The third kappa shape index (κ3) is 2.88. The number of carbonyl (C=O) groups excluding carboxylic acids is 1. The lowest BCUT2D eigenvalue weighted by Crippen LogP contribution is -2.31. The number of aryl methyl sites for hydroxylation is 1. The summed E-state index contributed by atoms with van der Waals surface area (Å²) >= 11 is 0. The maximum absolute atomic E-state index is 13.0. The lowest BCUT2D eigenvalue weighted by atomic mass is 9.95. The molecule has 3 aromatic rings. The van der Waals surface area contributed by atoms with Crippen LogP contribution in [0, 0.1) is 6.92 Å². The molecule has 0 aliphatic carbocycles. The fourth-order valence-corrected chi connectivity index (χ4v) is 3.64. The lowest BCUT2D eigenvalue weighted by Gasteiger charge is -2.26. The molecule has 0 saturated carbocycles. The summed E-state index contributed by atoms with van der Waals surface area (Å²) in [5.74, 6) is -0.0195. The van der Waals surface area contributed by atoms with Gasteiger partial charge in [0, 0.05) is 24.3 Å². The van der Waals surface area contributed by atoms with Crippen LogP contribution in [0.25, 0.3) is 11.3 Å². The van der Waals surface area contributed by atoms with Gasteiger partial charge in [0.05, 0.1) is 6.04 Å². The van der Waals surface area contributed by atoms with Crippen molar-refractivity contribution in [2.24, 2.45) is 0 Å². The van der Waals surface area contributed by atoms with E-state index >= 15 is 0 Å². The number of phenols is 1. The van der Waals surface area contributed by atoms with Crippen LogP contribution in [-0.2, 0) is 0 Å². The first-order valence-electron chi connectivity index (χ1n) is 8.97. The minimum Gasteiger partial charge on any atom is -0.507 e. The van der Waals surface area contributed by atoms with Crippen LogP contribution in [0.15, 0.2) is 48.5 Å². The van der Waals surface area contributed by atoms with Crippen molar-refractivity contribution >= 4 is 5.91 Å². The molecule has 0 radical (unpaired) electrons. The largest absolute Gasteiger partial charge is 0.507 e. The molecular formula is C21H21N3O3. The molecule has 6 nitrogen and oxygen atoms in total. The quantitative estimate of drug-likeness (QED) is 0.650. The van der Waals surface area contributed by atoms with Crippen molar-refractivity contribution in [3.63, 3.8) is 0 Å². The smallest absolute Gasteiger partial charge is 0.273 e. The molecule has 0 spiro atoms. The van der Waals surface area contributed by atoms with Crippen LogP contribution < -0.4 is 0 Å². The molecule has 138 valence electrons. The topological polar surface area (TPSA) is 89.5 Å². The SMILES string of the molecule is Cc1ccc([C@H]2c3c(-c4ccccc4O)n[nH]c3C(=O)N2CCCO)cc1. The summed E-state index contributed by atoms with van der Waals surface area (Å²) < 4.78 is 0. The van der Waals surface area contributed by atoms with Gasteiger partial charge >= 0.3 is 0 Å². The highest BCUT2D eigenvalue weighted by Crippen LogP contribution is 2.44. The normalized spacial score (nSPS) is 16.0. The van der Waals surface area contributed by atoms with Crippen molar-refractivity contribution < 1.29 is 15.0 Å². The van der Waals surface area contributed by atoms with Crippen LogP contribution in [0.4, 0.5) is 0 Å². The summed E-state index contributed by atoms with van der Waals surface area (Å²) in [5, 5.41) is 26.8. The minimum atomic E-state index is -0.312. The van der Waals surface area contributed by atoms with E-state index in [1.54, 1.807) is 23.1 Å². The predicted octanol–water partition coefficient (Wildman–Crippen LogP) is 3.02. The number of fused-ring (bicyclic) bond motifs is 1. The Hall–Kier alpha value is -3.12. The Morgan fingerprint density at radius 2 is 1.89 bits per heavy atom. The first-order valence-corrected chi connectivity index (χ1v) is 8.97. The number of amides is 1. The van der Waals surface area contributed by atoms with Gasteiger partial charge in [0.25, 0.3) is 5.91 Å². The van der Waals surface area contributed by atoms with Gasteiger partial charge in [-0.2, -0.15) is 5.10 Å². The summed E-state index contributed by atoms with van der Waals surface area (Å²) in [4.78, 5) is 14.8. The number of aliphatic hydroxyl groups is 1. The van der Waals surface area contributed by atoms with E-state index in [2.05, 4.69) is 10.2 Å². The summed E-state index contributed by atoms with van der Waals surface area (Å²) in [7, 11) is 0. The summed E-state index contributed by atoms with van der Waals surface area (Å²) in [6.45, 7) is 2.48. The number of nitrogens with one attached hydrogen (secondary N) is 1. The Morgan fingerprint density at radius 1 is 1.15 bits per heavy atom. The van der Waals surface area contributed by atoms with Crippen LogP contribution in [0.3, 0.4) is 0 Å². The number of benzene rings is 2. The second-order valence-corrected chi connectivity index (χ2v) is 6.77. The van der Waals surface area contributed by atoms with Gasteiger partial charge in [-0.05, 0) is 31.0 Å². The molecule has 2 aromatic carbocycles. The standard InChI is InChI=1S/C21H21N3O3/c1-13-7-9-14(10-8-13)20-17-18(15-5-2-3-6-16(15)26)22-23-19(17)21(27)24(20)11-4-12-25/h2-3,5-10,20,25-26H,4,11-12H2,1H3,(H,22,23)/t20-/m0/s1. The number of H-pyrrole nitrogens is 1. The van der Waals surface area contributed by atoms with Crippen LogP contribution >= 0.6 is 0 Å². The highest BCUT2D eigenvalue weighted by atomic mass is 16.3. The molecule has 2 heterocycles. The van der Waals surface area contributed by atoms with Gasteiger partial charge in [0.2, 0.25) is 0 Å². The van der Waals surface area contributed by atoms with Gasteiger partial charge in [-0.15, -0.1) is 0 Å². The number of aromatic amines is 1. The maximum atomic E-state index is 13.0. The number of aliphatic hydroxyl groups excluding tert-OH is 1. The summed E-state index contributed by atoms with van der Waals surface area (Å²) in [6.07, 6.45) is 0.498. The van der Waals surface area contributed by atoms with Crippen LogP contribution in [0.2, 0.25) is 0 Å². The fraction of sp³-hybridized carbons (Fsp3) is 0.238. The molecule has 1 atom stereocenters. The number of rotatable bonds is 5. The van der Waals surface area contributed by atoms with Crippen LogP contribution in [0.1, 0.15) is 39.6 Å². The molecule has 6 heteroatoms. The molecule has 0 fully saturated rings. The Labute approximate surface area is 157 Å². The molecular weight excluding hydrogens is 342 g/mol. The second-order valence-electron chi connectivity index (χ2n) is 6.77.